The van der Waals surface area contributed by atoms with Gasteiger partial charge in [0.25, 0.3) is 0 Å². The molecule has 0 saturated heterocycles. The van der Waals surface area contributed by atoms with E-state index in [1.807, 2.05) is 18.9 Å². The van der Waals surface area contributed by atoms with Crippen molar-refractivity contribution >= 4 is 11.9 Å². The second-order valence-corrected chi connectivity index (χ2v) is 4.93. The van der Waals surface area contributed by atoms with E-state index in [2.05, 4.69) is 5.32 Å². The Balaban J connectivity index is 2.43. The lowest BCUT2D eigenvalue weighted by Gasteiger charge is -2.20. The Bertz CT molecular complexity index is 490. The molecule has 0 saturated carbocycles. The average Bonchev–Trinajstić information content (AvgIpc) is 2.46. The largest absolute Gasteiger partial charge is 0.491 e. The molecule has 1 unspecified atom stereocenters. The van der Waals surface area contributed by atoms with E-state index in [0.717, 1.165) is 0 Å². The quantitative estimate of drug-likeness (QED) is 0.750. The van der Waals surface area contributed by atoms with Crippen molar-refractivity contribution in [2.45, 2.75) is 6.92 Å². The third kappa shape index (κ3) is 5.43. The number of carbonyl (C=O) groups is 2. The second kappa shape index (κ2) is 8.26. The molecule has 2 N–H and O–H groups in total. The molecule has 0 aliphatic heterocycles. The minimum atomic E-state index is -1.01. The van der Waals surface area contributed by atoms with Crippen LogP contribution >= 0.6 is 0 Å². The monoisotopic (exact) mass is 294 g/mol. The van der Waals surface area contributed by atoms with Crippen LogP contribution in [0, 0.1) is 5.92 Å². The number of nitrogens with one attached hydrogen (secondary N) is 1. The molecule has 0 heterocycles. The maximum absolute atomic E-state index is 11.4. The molecule has 1 amide bonds. The minimum absolute atomic E-state index is 0.000934. The molecule has 0 aliphatic carbocycles. The predicted octanol–water partition coefficient (Wildman–Crippen LogP) is 1.08. The molecule has 0 aromatic heterocycles. The van der Waals surface area contributed by atoms with Gasteiger partial charge in [-0.2, -0.15) is 0 Å². The maximum atomic E-state index is 11.4. The van der Waals surface area contributed by atoms with Crippen molar-refractivity contribution in [3.05, 3.63) is 29.8 Å². The van der Waals surface area contributed by atoms with Crippen LogP contribution < -0.4 is 10.1 Å². The van der Waals surface area contributed by atoms with Crippen molar-refractivity contribution in [3.63, 3.8) is 0 Å². The number of benzene rings is 1. The number of carbonyl (C=O) groups excluding carboxylic acids is 1. The first-order chi connectivity index (χ1) is 9.95. The Hall–Kier alpha value is -2.08. The highest BCUT2D eigenvalue weighted by molar-refractivity contribution is 5.90. The van der Waals surface area contributed by atoms with Crippen LogP contribution in [0.2, 0.25) is 0 Å². The lowest BCUT2D eigenvalue weighted by Crippen LogP contribution is -2.36. The molecule has 1 aromatic carbocycles. The molecule has 0 fully saturated rings. The third-order valence-corrected chi connectivity index (χ3v) is 3.13. The second-order valence-electron chi connectivity index (χ2n) is 4.93. The summed E-state index contributed by atoms with van der Waals surface area (Å²) in [5.41, 5.74) is 0.152. The fourth-order valence-electron chi connectivity index (χ4n) is 1.97. The van der Waals surface area contributed by atoms with Gasteiger partial charge in [-0.3, -0.25) is 4.79 Å². The number of ether oxygens (including phenoxy) is 1. The number of carboxylic acids is 1. The Morgan fingerprint density at radius 2 is 2.05 bits per heavy atom. The van der Waals surface area contributed by atoms with Gasteiger partial charge in [-0.15, -0.1) is 0 Å². The summed E-state index contributed by atoms with van der Waals surface area (Å²) >= 11 is 0. The zero-order valence-corrected chi connectivity index (χ0v) is 12.6. The van der Waals surface area contributed by atoms with E-state index in [-0.39, 0.29) is 17.4 Å². The molecule has 1 rings (SSSR count). The Kier molecular flexibility index (Phi) is 6.68. The summed E-state index contributed by atoms with van der Waals surface area (Å²) in [4.78, 5) is 24.4. The van der Waals surface area contributed by atoms with Gasteiger partial charge >= 0.3 is 5.97 Å². The van der Waals surface area contributed by atoms with Gasteiger partial charge in [-0.25, -0.2) is 4.79 Å². The fourth-order valence-corrected chi connectivity index (χ4v) is 1.97. The van der Waals surface area contributed by atoms with Gasteiger partial charge in [0.1, 0.15) is 17.9 Å². The highest BCUT2D eigenvalue weighted by atomic mass is 16.5. The maximum Gasteiger partial charge on any atom is 0.339 e. The summed E-state index contributed by atoms with van der Waals surface area (Å²) in [6.45, 7) is 3.44. The van der Waals surface area contributed by atoms with E-state index in [1.54, 1.807) is 25.2 Å². The Morgan fingerprint density at radius 1 is 1.38 bits per heavy atom. The number of hydrogen-bond acceptors (Lipinski definition) is 4. The van der Waals surface area contributed by atoms with E-state index >= 15 is 0 Å². The SMILES string of the molecule is CNC(=O)C(C)CN(C)CCOc1ccccc1C(=O)O. The van der Waals surface area contributed by atoms with Gasteiger partial charge in [-0.05, 0) is 19.2 Å². The summed E-state index contributed by atoms with van der Waals surface area (Å²) in [6, 6.07) is 6.54. The third-order valence-electron chi connectivity index (χ3n) is 3.13. The molecule has 21 heavy (non-hydrogen) atoms. The van der Waals surface area contributed by atoms with Gasteiger partial charge in [-0.1, -0.05) is 19.1 Å². The first-order valence-corrected chi connectivity index (χ1v) is 6.81. The average molecular weight is 294 g/mol. The van der Waals surface area contributed by atoms with E-state index in [1.165, 1.54) is 6.07 Å². The molecule has 1 aromatic rings. The van der Waals surface area contributed by atoms with Crippen LogP contribution in [0.1, 0.15) is 17.3 Å². The number of amides is 1. The normalized spacial score (nSPS) is 12.0. The standard InChI is InChI=1S/C15H22N2O4/c1-11(14(18)16-2)10-17(3)8-9-21-13-7-5-4-6-12(13)15(19)20/h4-7,11H,8-10H2,1-3H3,(H,16,18)(H,19,20). The molecule has 1 atom stereocenters. The summed E-state index contributed by atoms with van der Waals surface area (Å²) < 4.78 is 5.51. The summed E-state index contributed by atoms with van der Waals surface area (Å²) in [6.07, 6.45) is 0. The van der Waals surface area contributed by atoms with Crippen LogP contribution in [0.4, 0.5) is 0 Å². The summed E-state index contributed by atoms with van der Waals surface area (Å²) in [5.74, 6) is -0.754. The van der Waals surface area contributed by atoms with Crippen molar-refractivity contribution in [3.8, 4) is 5.75 Å². The number of hydrogen-bond donors (Lipinski definition) is 2. The van der Waals surface area contributed by atoms with Crippen molar-refractivity contribution in [1.29, 1.82) is 0 Å². The predicted molar refractivity (Wildman–Crippen MR) is 79.6 cm³/mol. The Morgan fingerprint density at radius 3 is 2.67 bits per heavy atom. The van der Waals surface area contributed by atoms with Crippen LogP contribution in [0.5, 0.6) is 5.75 Å². The van der Waals surface area contributed by atoms with Crippen LogP contribution in [-0.4, -0.2) is 55.7 Å². The first kappa shape index (κ1) is 17.0. The minimum Gasteiger partial charge on any atom is -0.491 e. The van der Waals surface area contributed by atoms with Crippen molar-refractivity contribution in [2.75, 3.05) is 33.8 Å². The van der Waals surface area contributed by atoms with Crippen LogP contribution in [0.15, 0.2) is 24.3 Å². The molecule has 0 aliphatic rings. The van der Waals surface area contributed by atoms with Gasteiger partial charge in [0.2, 0.25) is 5.91 Å². The van der Waals surface area contributed by atoms with Crippen molar-refractivity contribution < 1.29 is 19.4 Å². The van der Waals surface area contributed by atoms with Crippen LogP contribution in [-0.2, 0) is 4.79 Å². The highest BCUT2D eigenvalue weighted by Crippen LogP contribution is 2.17. The van der Waals surface area contributed by atoms with Crippen molar-refractivity contribution in [2.24, 2.45) is 5.92 Å². The molecule has 0 radical (unpaired) electrons. The van der Waals surface area contributed by atoms with Gasteiger partial charge in [0.05, 0.1) is 0 Å². The number of rotatable bonds is 8. The van der Waals surface area contributed by atoms with E-state index in [0.29, 0.717) is 25.4 Å². The first-order valence-electron chi connectivity index (χ1n) is 6.81. The van der Waals surface area contributed by atoms with E-state index in [9.17, 15) is 9.59 Å². The highest BCUT2D eigenvalue weighted by Gasteiger charge is 2.14. The van der Waals surface area contributed by atoms with E-state index in [4.69, 9.17) is 9.84 Å². The van der Waals surface area contributed by atoms with Crippen LogP contribution in [0.3, 0.4) is 0 Å². The molecule has 0 bridgehead atoms. The zero-order chi connectivity index (χ0) is 15.8. The number of carboxylic acid groups (broad SMARTS) is 1. The molecular formula is C15H22N2O4. The number of aromatic carboxylic acids is 1. The van der Waals surface area contributed by atoms with E-state index < -0.39 is 5.97 Å². The molecule has 6 heteroatoms. The van der Waals surface area contributed by atoms with Crippen LogP contribution in [0.25, 0.3) is 0 Å². The smallest absolute Gasteiger partial charge is 0.339 e. The van der Waals surface area contributed by atoms with Crippen molar-refractivity contribution in [1.82, 2.24) is 10.2 Å². The lowest BCUT2D eigenvalue weighted by molar-refractivity contribution is -0.124. The Labute approximate surface area is 124 Å². The van der Waals surface area contributed by atoms with Gasteiger partial charge in [0.15, 0.2) is 0 Å². The topological polar surface area (TPSA) is 78.9 Å². The molecular weight excluding hydrogens is 272 g/mol. The summed E-state index contributed by atoms with van der Waals surface area (Å²) in [5, 5.41) is 11.7. The molecule has 116 valence electrons. The number of nitrogens with zero attached hydrogens (tertiary/aromatic N) is 1. The number of likely N-dealkylation sites (N-methyl/N-ethyl adjacent to an activating group) is 1. The molecule has 6 nitrogen and oxygen atoms in total. The zero-order valence-electron chi connectivity index (χ0n) is 12.6. The fraction of sp³-hybridized carbons (Fsp3) is 0.467. The summed E-state index contributed by atoms with van der Waals surface area (Å²) in [7, 11) is 3.51. The lowest BCUT2D eigenvalue weighted by atomic mass is 10.1. The number of para-hydroxylation sites is 1. The van der Waals surface area contributed by atoms with Gasteiger partial charge in [0, 0.05) is 26.1 Å². The molecule has 0 spiro atoms. The van der Waals surface area contributed by atoms with Gasteiger partial charge < -0.3 is 20.1 Å².